The van der Waals surface area contributed by atoms with Crippen LogP contribution >= 0.6 is 22.9 Å². The van der Waals surface area contributed by atoms with Crippen LogP contribution in [0.3, 0.4) is 0 Å². The number of aryl methyl sites for hydroxylation is 1. The highest BCUT2D eigenvalue weighted by molar-refractivity contribution is 7.07. The van der Waals surface area contributed by atoms with Gasteiger partial charge in [-0.2, -0.15) is 4.99 Å². The van der Waals surface area contributed by atoms with E-state index in [1.54, 1.807) is 27.7 Å². The van der Waals surface area contributed by atoms with Crippen LogP contribution in [0, 0.1) is 5.92 Å². The smallest absolute Gasteiger partial charge is 0.253 e. The minimum absolute atomic E-state index is 0.0998. The summed E-state index contributed by atoms with van der Waals surface area (Å²) in [5, 5.41) is 2.37. The molecule has 0 N–H and O–H groups in total. The van der Waals surface area contributed by atoms with E-state index in [1.165, 1.54) is 11.3 Å². The maximum absolute atomic E-state index is 12.3. The molecule has 0 radical (unpaired) electrons. The van der Waals surface area contributed by atoms with Gasteiger partial charge in [0, 0.05) is 31.6 Å². The van der Waals surface area contributed by atoms with Crippen molar-refractivity contribution in [2.75, 3.05) is 11.4 Å². The topological polar surface area (TPSA) is 54.7 Å². The van der Waals surface area contributed by atoms with Gasteiger partial charge in [0.2, 0.25) is 5.91 Å². The summed E-state index contributed by atoms with van der Waals surface area (Å²) in [6.07, 6.45) is 2.01. The van der Waals surface area contributed by atoms with Gasteiger partial charge in [-0.25, -0.2) is 0 Å². The predicted molar refractivity (Wildman–Crippen MR) is 85.8 cm³/mol. The van der Waals surface area contributed by atoms with Gasteiger partial charge in [0.15, 0.2) is 4.80 Å². The number of thiazole rings is 1. The van der Waals surface area contributed by atoms with E-state index >= 15 is 0 Å². The molecular weight excluding hydrogens is 322 g/mol. The Balaban J connectivity index is 1.82. The number of halogens is 1. The first-order chi connectivity index (χ1) is 10.6. The van der Waals surface area contributed by atoms with E-state index in [9.17, 15) is 9.59 Å². The second-order valence-corrected chi connectivity index (χ2v) is 6.38. The predicted octanol–water partition coefficient (Wildman–Crippen LogP) is 2.22. The molecule has 1 aliphatic heterocycles. The van der Waals surface area contributed by atoms with Crippen molar-refractivity contribution >= 4 is 40.4 Å². The number of hydrogen-bond acceptors (Lipinski definition) is 3. The fourth-order valence-corrected chi connectivity index (χ4v) is 3.37. The van der Waals surface area contributed by atoms with E-state index in [1.807, 2.05) is 24.7 Å². The molecule has 0 aliphatic carbocycles. The SMILES string of the molecule is Cn1ccsc1=NC(=O)[C@H]1CC(=O)N(c2ccccc2Cl)C1. The van der Waals surface area contributed by atoms with Gasteiger partial charge in [-0.3, -0.25) is 9.59 Å². The Kier molecular flexibility index (Phi) is 4.13. The Morgan fingerprint density at radius 1 is 1.41 bits per heavy atom. The first-order valence-electron chi connectivity index (χ1n) is 6.80. The summed E-state index contributed by atoms with van der Waals surface area (Å²) in [6.45, 7) is 0.319. The molecular formula is C15H14ClN3O2S. The molecule has 1 aromatic carbocycles. The van der Waals surface area contributed by atoms with Gasteiger partial charge in [0.05, 0.1) is 16.6 Å². The molecule has 1 fully saturated rings. The number of amides is 2. The van der Waals surface area contributed by atoms with Crippen molar-refractivity contribution in [3.63, 3.8) is 0 Å². The highest BCUT2D eigenvalue weighted by atomic mass is 35.5. The fraction of sp³-hybridized carbons (Fsp3) is 0.267. The Morgan fingerprint density at radius 2 is 2.18 bits per heavy atom. The summed E-state index contributed by atoms with van der Waals surface area (Å²) >= 11 is 7.52. The summed E-state index contributed by atoms with van der Waals surface area (Å²) in [5.41, 5.74) is 0.645. The lowest BCUT2D eigenvalue weighted by atomic mass is 10.1. The number of anilines is 1. The van der Waals surface area contributed by atoms with Gasteiger partial charge < -0.3 is 9.47 Å². The van der Waals surface area contributed by atoms with E-state index in [4.69, 9.17) is 11.6 Å². The molecule has 1 aromatic heterocycles. The normalized spacial score (nSPS) is 19.0. The molecule has 3 rings (SSSR count). The molecule has 2 heterocycles. The number of carbonyl (C=O) groups is 2. The number of aromatic nitrogens is 1. The lowest BCUT2D eigenvalue weighted by Crippen LogP contribution is -2.26. The van der Waals surface area contributed by atoms with Crippen LogP contribution in [-0.4, -0.2) is 22.9 Å². The summed E-state index contributed by atoms with van der Waals surface area (Å²) in [5.74, 6) is -0.788. The molecule has 1 atom stereocenters. The van der Waals surface area contributed by atoms with Crippen LogP contribution in [0.15, 0.2) is 40.8 Å². The molecule has 1 aliphatic rings. The van der Waals surface area contributed by atoms with Crippen molar-refractivity contribution < 1.29 is 9.59 Å². The zero-order valence-electron chi connectivity index (χ0n) is 11.9. The molecule has 0 unspecified atom stereocenters. The fourth-order valence-electron chi connectivity index (χ4n) is 2.40. The maximum atomic E-state index is 12.3. The minimum atomic E-state index is -0.425. The molecule has 0 saturated carbocycles. The van der Waals surface area contributed by atoms with Crippen molar-refractivity contribution in [2.45, 2.75) is 6.42 Å². The van der Waals surface area contributed by atoms with Gasteiger partial charge >= 0.3 is 0 Å². The molecule has 0 spiro atoms. The second kappa shape index (κ2) is 6.06. The van der Waals surface area contributed by atoms with Gasteiger partial charge in [-0.15, -0.1) is 11.3 Å². The zero-order valence-corrected chi connectivity index (χ0v) is 13.5. The quantitative estimate of drug-likeness (QED) is 0.845. The average Bonchev–Trinajstić information content (AvgIpc) is 3.06. The van der Waals surface area contributed by atoms with Crippen LogP contribution in [0.5, 0.6) is 0 Å². The Bertz CT molecular complexity index is 796. The molecule has 1 saturated heterocycles. The van der Waals surface area contributed by atoms with E-state index in [-0.39, 0.29) is 18.2 Å². The van der Waals surface area contributed by atoms with Crippen molar-refractivity contribution in [1.29, 1.82) is 0 Å². The van der Waals surface area contributed by atoms with Gasteiger partial charge in [-0.1, -0.05) is 23.7 Å². The third kappa shape index (κ3) is 2.84. The van der Waals surface area contributed by atoms with Crippen LogP contribution in [-0.2, 0) is 16.6 Å². The van der Waals surface area contributed by atoms with E-state index < -0.39 is 5.92 Å². The molecule has 2 aromatic rings. The summed E-state index contributed by atoms with van der Waals surface area (Å²) in [4.78, 5) is 30.8. The van der Waals surface area contributed by atoms with Crippen LogP contribution in [0.1, 0.15) is 6.42 Å². The number of hydrogen-bond donors (Lipinski definition) is 0. The lowest BCUT2D eigenvalue weighted by Gasteiger charge is -2.17. The first kappa shape index (κ1) is 15.0. The first-order valence-corrected chi connectivity index (χ1v) is 8.05. The molecule has 22 heavy (non-hydrogen) atoms. The lowest BCUT2D eigenvalue weighted by molar-refractivity contribution is -0.123. The Labute approximate surface area is 136 Å². The Morgan fingerprint density at radius 3 is 2.86 bits per heavy atom. The highest BCUT2D eigenvalue weighted by Gasteiger charge is 2.35. The summed E-state index contributed by atoms with van der Waals surface area (Å²) in [7, 11) is 1.83. The zero-order chi connectivity index (χ0) is 15.7. The minimum Gasteiger partial charge on any atom is -0.327 e. The van der Waals surface area contributed by atoms with Gasteiger partial charge in [-0.05, 0) is 12.1 Å². The van der Waals surface area contributed by atoms with E-state index in [0.29, 0.717) is 22.1 Å². The number of para-hydroxylation sites is 1. The van der Waals surface area contributed by atoms with Crippen LogP contribution in [0.2, 0.25) is 5.02 Å². The average molecular weight is 336 g/mol. The number of nitrogens with zero attached hydrogens (tertiary/aromatic N) is 3. The van der Waals surface area contributed by atoms with Gasteiger partial charge in [0.1, 0.15) is 0 Å². The molecule has 114 valence electrons. The number of benzene rings is 1. The van der Waals surface area contributed by atoms with Crippen LogP contribution < -0.4 is 9.70 Å². The Hall–Kier alpha value is -1.92. The molecule has 0 bridgehead atoms. The number of carbonyl (C=O) groups excluding carboxylic acids is 2. The van der Waals surface area contributed by atoms with Crippen molar-refractivity contribution in [1.82, 2.24) is 4.57 Å². The van der Waals surface area contributed by atoms with Gasteiger partial charge in [0.25, 0.3) is 5.91 Å². The second-order valence-electron chi connectivity index (χ2n) is 5.10. The van der Waals surface area contributed by atoms with Crippen molar-refractivity contribution in [2.24, 2.45) is 18.0 Å². The monoisotopic (exact) mass is 335 g/mol. The maximum Gasteiger partial charge on any atom is 0.253 e. The molecule has 5 nitrogen and oxygen atoms in total. The van der Waals surface area contributed by atoms with Crippen LogP contribution in [0.25, 0.3) is 0 Å². The molecule has 7 heteroatoms. The largest absolute Gasteiger partial charge is 0.327 e. The standard InChI is InChI=1S/C15H14ClN3O2S/c1-18-6-7-22-15(18)17-14(21)10-8-13(20)19(9-10)12-5-3-2-4-11(12)16/h2-7,10H,8-9H2,1H3/t10-/m0/s1. The third-order valence-corrected chi connectivity index (χ3v) is 4.75. The highest BCUT2D eigenvalue weighted by Crippen LogP contribution is 2.31. The van der Waals surface area contributed by atoms with Crippen LogP contribution in [0.4, 0.5) is 5.69 Å². The van der Waals surface area contributed by atoms with E-state index in [2.05, 4.69) is 4.99 Å². The third-order valence-electron chi connectivity index (χ3n) is 3.58. The van der Waals surface area contributed by atoms with E-state index in [0.717, 1.165) is 0 Å². The van der Waals surface area contributed by atoms with Crippen molar-refractivity contribution in [3.05, 3.63) is 45.7 Å². The molecule has 2 amide bonds. The van der Waals surface area contributed by atoms with Crippen molar-refractivity contribution in [3.8, 4) is 0 Å². The summed E-state index contributed by atoms with van der Waals surface area (Å²) < 4.78 is 1.78. The summed E-state index contributed by atoms with van der Waals surface area (Å²) in [6, 6.07) is 7.14. The number of rotatable bonds is 2.